The molecule has 144 valence electrons. The summed E-state index contributed by atoms with van der Waals surface area (Å²) in [7, 11) is 0. The van der Waals surface area contributed by atoms with E-state index in [1.165, 1.54) is 46.4 Å². The zero-order valence-corrected chi connectivity index (χ0v) is 16.8. The predicted octanol–water partition coefficient (Wildman–Crippen LogP) is 4.94. The molecule has 5 heteroatoms. The van der Waals surface area contributed by atoms with Gasteiger partial charge in [0.1, 0.15) is 5.75 Å². The minimum Gasteiger partial charge on any atom is -0.484 e. The molecular weight excluding hydrogens is 368 g/mol. The van der Waals surface area contributed by atoms with Gasteiger partial charge in [0, 0.05) is 17.5 Å². The number of aromatic nitrogens is 1. The summed E-state index contributed by atoms with van der Waals surface area (Å²) >= 11 is 1.50. The molecule has 3 aromatic rings. The van der Waals surface area contributed by atoms with Crippen molar-refractivity contribution in [1.82, 2.24) is 4.98 Å². The normalized spacial score (nSPS) is 13.0. The first kappa shape index (κ1) is 18.7. The number of carbonyl (C=O) groups is 1. The summed E-state index contributed by atoms with van der Waals surface area (Å²) in [6.45, 7) is 2.08. The summed E-state index contributed by atoms with van der Waals surface area (Å²) < 4.78 is 5.69. The standard InChI is InChI=1S/C23H24N2O2S/c1-16-5-4-6-17(11-16)12-21-14-24-23(28-21)25-22(26)15-27-20-10-9-18-7-2-3-8-19(18)13-20/h4-6,9-11,13-14H,2-3,7-8,12,15H2,1H3,(H,24,25,26). The Balaban J connectivity index is 1.30. The van der Waals surface area contributed by atoms with Gasteiger partial charge in [-0.15, -0.1) is 11.3 Å². The molecule has 0 saturated carbocycles. The van der Waals surface area contributed by atoms with Crippen LogP contribution in [0.3, 0.4) is 0 Å². The number of hydrogen-bond acceptors (Lipinski definition) is 4. The number of benzene rings is 2. The van der Waals surface area contributed by atoms with Gasteiger partial charge in [-0.05, 0) is 61.4 Å². The Labute approximate surface area is 169 Å². The number of nitrogens with one attached hydrogen (secondary N) is 1. The van der Waals surface area contributed by atoms with Gasteiger partial charge in [-0.1, -0.05) is 35.9 Å². The van der Waals surface area contributed by atoms with Crippen molar-refractivity contribution in [1.29, 1.82) is 0 Å². The van der Waals surface area contributed by atoms with Gasteiger partial charge in [0.2, 0.25) is 0 Å². The molecule has 28 heavy (non-hydrogen) atoms. The lowest BCUT2D eigenvalue weighted by atomic mass is 9.92. The maximum absolute atomic E-state index is 12.2. The highest BCUT2D eigenvalue weighted by molar-refractivity contribution is 7.15. The number of aryl methyl sites for hydroxylation is 3. The van der Waals surface area contributed by atoms with Gasteiger partial charge in [0.15, 0.2) is 11.7 Å². The lowest BCUT2D eigenvalue weighted by molar-refractivity contribution is -0.118. The smallest absolute Gasteiger partial charge is 0.264 e. The fraction of sp³-hybridized carbons (Fsp3) is 0.304. The maximum Gasteiger partial charge on any atom is 0.264 e. The molecule has 0 bridgehead atoms. The van der Waals surface area contributed by atoms with Crippen LogP contribution >= 0.6 is 11.3 Å². The van der Waals surface area contributed by atoms with Gasteiger partial charge < -0.3 is 4.74 Å². The van der Waals surface area contributed by atoms with Crippen LogP contribution in [-0.2, 0) is 24.1 Å². The Morgan fingerprint density at radius 3 is 2.86 bits per heavy atom. The summed E-state index contributed by atoms with van der Waals surface area (Å²) in [6, 6.07) is 14.6. The van der Waals surface area contributed by atoms with Crippen molar-refractivity contribution in [3.63, 3.8) is 0 Å². The highest BCUT2D eigenvalue weighted by Crippen LogP contribution is 2.25. The van der Waals surface area contributed by atoms with Crippen LogP contribution in [0.5, 0.6) is 5.75 Å². The van der Waals surface area contributed by atoms with E-state index >= 15 is 0 Å². The molecule has 0 saturated heterocycles. The molecule has 0 fully saturated rings. The van der Waals surface area contributed by atoms with Gasteiger partial charge in [-0.3, -0.25) is 10.1 Å². The van der Waals surface area contributed by atoms with Crippen LogP contribution in [0, 0.1) is 6.92 Å². The first-order valence-corrected chi connectivity index (χ1v) is 10.5. The quantitative estimate of drug-likeness (QED) is 0.646. The van der Waals surface area contributed by atoms with Crippen LogP contribution in [0.2, 0.25) is 0 Å². The third-order valence-corrected chi connectivity index (χ3v) is 5.86. The summed E-state index contributed by atoms with van der Waals surface area (Å²) in [5.41, 5.74) is 5.25. The highest BCUT2D eigenvalue weighted by Gasteiger charge is 2.12. The average Bonchev–Trinajstić information content (AvgIpc) is 3.13. The van der Waals surface area contributed by atoms with Crippen LogP contribution in [0.25, 0.3) is 0 Å². The second kappa shape index (κ2) is 8.57. The van der Waals surface area contributed by atoms with Crippen LogP contribution in [0.15, 0.2) is 48.7 Å². The van der Waals surface area contributed by atoms with Gasteiger partial charge in [0.05, 0.1) is 0 Å². The molecule has 0 aliphatic heterocycles. The van der Waals surface area contributed by atoms with E-state index in [1.807, 2.05) is 12.3 Å². The largest absolute Gasteiger partial charge is 0.484 e. The third kappa shape index (κ3) is 4.78. The van der Waals surface area contributed by atoms with Crippen LogP contribution in [-0.4, -0.2) is 17.5 Å². The number of rotatable bonds is 6. The molecule has 0 spiro atoms. The number of thiazole rings is 1. The fourth-order valence-electron chi connectivity index (χ4n) is 3.57. The van der Waals surface area contributed by atoms with E-state index in [-0.39, 0.29) is 12.5 Å². The minimum atomic E-state index is -0.186. The molecule has 0 unspecified atom stereocenters. The Hall–Kier alpha value is -2.66. The van der Waals surface area contributed by atoms with E-state index in [0.29, 0.717) is 5.13 Å². The Bertz CT molecular complexity index is 980. The second-order valence-corrected chi connectivity index (χ2v) is 8.39. The van der Waals surface area contributed by atoms with Gasteiger partial charge >= 0.3 is 0 Å². The monoisotopic (exact) mass is 392 g/mol. The molecule has 4 nitrogen and oxygen atoms in total. The zero-order chi connectivity index (χ0) is 19.3. The SMILES string of the molecule is Cc1cccc(Cc2cnc(NC(=O)COc3ccc4c(c3)CCCC4)s2)c1. The molecule has 0 atom stereocenters. The van der Waals surface area contributed by atoms with E-state index in [2.05, 4.69) is 53.6 Å². The van der Waals surface area contributed by atoms with Crippen molar-refractivity contribution >= 4 is 22.4 Å². The van der Waals surface area contributed by atoms with Crippen LogP contribution in [0.4, 0.5) is 5.13 Å². The number of fused-ring (bicyclic) bond motifs is 1. The first-order chi connectivity index (χ1) is 13.7. The number of anilines is 1. The molecular formula is C23H24N2O2S. The predicted molar refractivity (Wildman–Crippen MR) is 113 cm³/mol. The Morgan fingerprint density at radius 1 is 1.14 bits per heavy atom. The number of amides is 1. The van der Waals surface area contributed by atoms with E-state index in [0.717, 1.165) is 29.9 Å². The molecule has 1 heterocycles. The lowest BCUT2D eigenvalue weighted by Crippen LogP contribution is -2.20. The van der Waals surface area contributed by atoms with E-state index in [4.69, 9.17) is 4.74 Å². The molecule has 2 aromatic carbocycles. The zero-order valence-electron chi connectivity index (χ0n) is 16.0. The summed E-state index contributed by atoms with van der Waals surface area (Å²) in [6.07, 6.45) is 7.38. The number of hydrogen-bond donors (Lipinski definition) is 1. The van der Waals surface area contributed by atoms with Crippen molar-refractivity contribution in [2.75, 3.05) is 11.9 Å². The number of carbonyl (C=O) groups excluding carboxylic acids is 1. The van der Waals surface area contributed by atoms with Crippen LogP contribution in [0.1, 0.15) is 40.0 Å². The van der Waals surface area contributed by atoms with Crippen molar-refractivity contribution in [2.45, 2.75) is 39.0 Å². The lowest BCUT2D eigenvalue weighted by Gasteiger charge is -2.16. The molecule has 1 aromatic heterocycles. The summed E-state index contributed by atoms with van der Waals surface area (Å²) in [5.74, 6) is 0.573. The topological polar surface area (TPSA) is 51.2 Å². The highest BCUT2D eigenvalue weighted by atomic mass is 32.1. The van der Waals surface area contributed by atoms with Gasteiger partial charge in [-0.25, -0.2) is 4.98 Å². The number of nitrogens with zero attached hydrogens (tertiary/aromatic N) is 1. The number of ether oxygens (including phenoxy) is 1. The Morgan fingerprint density at radius 2 is 2.00 bits per heavy atom. The third-order valence-electron chi connectivity index (χ3n) is 4.95. The Kier molecular flexibility index (Phi) is 5.72. The fourth-order valence-corrected chi connectivity index (χ4v) is 4.44. The van der Waals surface area contributed by atoms with Crippen molar-refractivity contribution in [3.8, 4) is 5.75 Å². The minimum absolute atomic E-state index is 0.00835. The summed E-state index contributed by atoms with van der Waals surface area (Å²) in [5, 5.41) is 3.45. The molecule has 1 N–H and O–H groups in total. The van der Waals surface area contributed by atoms with Crippen molar-refractivity contribution < 1.29 is 9.53 Å². The average molecular weight is 393 g/mol. The molecule has 1 amide bonds. The van der Waals surface area contributed by atoms with E-state index in [9.17, 15) is 4.79 Å². The van der Waals surface area contributed by atoms with Gasteiger partial charge in [-0.2, -0.15) is 0 Å². The first-order valence-electron chi connectivity index (χ1n) is 9.70. The molecule has 4 rings (SSSR count). The maximum atomic E-state index is 12.2. The summed E-state index contributed by atoms with van der Waals surface area (Å²) in [4.78, 5) is 17.7. The van der Waals surface area contributed by atoms with Crippen LogP contribution < -0.4 is 10.1 Å². The van der Waals surface area contributed by atoms with Crippen molar-refractivity contribution in [2.24, 2.45) is 0 Å². The van der Waals surface area contributed by atoms with Gasteiger partial charge in [0.25, 0.3) is 5.91 Å². The van der Waals surface area contributed by atoms with Crippen molar-refractivity contribution in [3.05, 3.63) is 75.8 Å². The van der Waals surface area contributed by atoms with E-state index in [1.54, 1.807) is 0 Å². The molecule has 0 radical (unpaired) electrons. The molecule has 1 aliphatic rings. The second-order valence-electron chi connectivity index (χ2n) is 7.27. The molecule has 1 aliphatic carbocycles. The van der Waals surface area contributed by atoms with E-state index < -0.39 is 0 Å².